The van der Waals surface area contributed by atoms with Gasteiger partial charge in [0.15, 0.2) is 0 Å². The Balaban J connectivity index is 1.46. The van der Waals surface area contributed by atoms with Crippen molar-refractivity contribution in [3.8, 4) is 0 Å². The summed E-state index contributed by atoms with van der Waals surface area (Å²) in [7, 11) is 0. The van der Waals surface area contributed by atoms with E-state index < -0.39 is 0 Å². The number of rotatable bonds is 4. The number of imidazole rings is 1. The third kappa shape index (κ3) is 2.98. The number of carbonyl (C=O) groups excluding carboxylic acids is 1. The van der Waals surface area contributed by atoms with Crippen LogP contribution in [0.15, 0.2) is 24.3 Å². The monoisotopic (exact) mass is 313 g/mol. The SMILES string of the molecule is O=C(CC[C@@H]1CCCO1)N1CCC[C@H]1c1nc2ccccc2[nH]1. The van der Waals surface area contributed by atoms with Crippen molar-refractivity contribution in [1.82, 2.24) is 14.9 Å². The molecule has 0 unspecified atom stereocenters. The van der Waals surface area contributed by atoms with Gasteiger partial charge in [-0.05, 0) is 44.2 Å². The second-order valence-electron chi connectivity index (χ2n) is 6.56. The molecule has 0 saturated carbocycles. The Morgan fingerprint density at radius 3 is 3.04 bits per heavy atom. The molecular weight excluding hydrogens is 290 g/mol. The second-order valence-corrected chi connectivity index (χ2v) is 6.56. The van der Waals surface area contributed by atoms with Gasteiger partial charge in [0.05, 0.1) is 23.2 Å². The molecule has 2 fully saturated rings. The maximum absolute atomic E-state index is 12.6. The molecule has 0 spiro atoms. The van der Waals surface area contributed by atoms with Crippen LogP contribution in [-0.4, -0.2) is 40.0 Å². The average molecular weight is 313 g/mol. The molecule has 122 valence electrons. The molecule has 3 heterocycles. The highest BCUT2D eigenvalue weighted by molar-refractivity contribution is 5.78. The summed E-state index contributed by atoms with van der Waals surface area (Å²) in [5.41, 5.74) is 2.02. The quantitative estimate of drug-likeness (QED) is 0.943. The van der Waals surface area contributed by atoms with Gasteiger partial charge >= 0.3 is 0 Å². The number of benzene rings is 1. The molecule has 2 atom stereocenters. The molecule has 2 aliphatic rings. The van der Waals surface area contributed by atoms with Crippen LogP contribution in [0.4, 0.5) is 0 Å². The van der Waals surface area contributed by atoms with Gasteiger partial charge in [-0.25, -0.2) is 4.98 Å². The summed E-state index contributed by atoms with van der Waals surface area (Å²) in [4.78, 5) is 22.7. The number of amides is 1. The predicted molar refractivity (Wildman–Crippen MR) is 88.0 cm³/mol. The summed E-state index contributed by atoms with van der Waals surface area (Å²) >= 11 is 0. The maximum atomic E-state index is 12.6. The number of H-pyrrole nitrogens is 1. The molecule has 2 saturated heterocycles. The number of nitrogens with one attached hydrogen (secondary N) is 1. The molecule has 1 aromatic heterocycles. The number of likely N-dealkylation sites (tertiary alicyclic amines) is 1. The van der Waals surface area contributed by atoms with Gasteiger partial charge in [-0.2, -0.15) is 0 Å². The van der Waals surface area contributed by atoms with Gasteiger partial charge in [0, 0.05) is 19.6 Å². The molecule has 2 aromatic rings. The smallest absolute Gasteiger partial charge is 0.223 e. The van der Waals surface area contributed by atoms with Crippen LogP contribution in [0.5, 0.6) is 0 Å². The molecule has 5 heteroatoms. The van der Waals surface area contributed by atoms with Gasteiger partial charge in [0.2, 0.25) is 5.91 Å². The van der Waals surface area contributed by atoms with E-state index in [1.54, 1.807) is 0 Å². The van der Waals surface area contributed by atoms with Crippen LogP contribution in [-0.2, 0) is 9.53 Å². The highest BCUT2D eigenvalue weighted by atomic mass is 16.5. The largest absolute Gasteiger partial charge is 0.378 e. The number of carbonyl (C=O) groups is 1. The standard InChI is InChI=1S/C18H23N3O2/c22-17(10-9-13-5-4-12-23-13)21-11-3-8-16(21)18-19-14-6-1-2-7-15(14)20-18/h1-2,6-7,13,16H,3-5,8-12H2,(H,19,20)/t13-,16-/m0/s1. The van der Waals surface area contributed by atoms with Crippen LogP contribution in [0, 0.1) is 0 Å². The van der Waals surface area contributed by atoms with Crippen molar-refractivity contribution in [2.75, 3.05) is 13.2 Å². The van der Waals surface area contributed by atoms with E-state index in [2.05, 4.69) is 4.98 Å². The summed E-state index contributed by atoms with van der Waals surface area (Å²) in [5, 5.41) is 0. The van der Waals surface area contributed by atoms with E-state index in [0.717, 1.165) is 62.1 Å². The van der Waals surface area contributed by atoms with Crippen LogP contribution in [0.2, 0.25) is 0 Å². The lowest BCUT2D eigenvalue weighted by molar-refractivity contribution is -0.132. The predicted octanol–water partition coefficient (Wildman–Crippen LogP) is 3.19. The normalized spacial score (nSPS) is 24.6. The third-order valence-corrected chi connectivity index (χ3v) is 5.00. The van der Waals surface area contributed by atoms with E-state index in [4.69, 9.17) is 9.72 Å². The number of hydrogen-bond acceptors (Lipinski definition) is 3. The lowest BCUT2D eigenvalue weighted by atomic mass is 10.1. The van der Waals surface area contributed by atoms with Crippen LogP contribution in [0.3, 0.4) is 0 Å². The number of ether oxygens (including phenoxy) is 1. The Kier molecular flexibility index (Phi) is 4.04. The summed E-state index contributed by atoms with van der Waals surface area (Å²) in [6.45, 7) is 1.69. The van der Waals surface area contributed by atoms with E-state index in [1.807, 2.05) is 29.2 Å². The zero-order valence-electron chi connectivity index (χ0n) is 13.3. The minimum absolute atomic E-state index is 0.0967. The van der Waals surface area contributed by atoms with Crippen molar-refractivity contribution in [3.63, 3.8) is 0 Å². The third-order valence-electron chi connectivity index (χ3n) is 5.00. The van der Waals surface area contributed by atoms with Gasteiger partial charge in [0.1, 0.15) is 5.82 Å². The summed E-state index contributed by atoms with van der Waals surface area (Å²) < 4.78 is 5.63. The Labute approximate surface area is 136 Å². The van der Waals surface area contributed by atoms with Crippen molar-refractivity contribution in [1.29, 1.82) is 0 Å². The van der Waals surface area contributed by atoms with Crippen LogP contribution in [0.25, 0.3) is 11.0 Å². The molecule has 0 radical (unpaired) electrons. The number of fused-ring (bicyclic) bond motifs is 1. The van der Waals surface area contributed by atoms with Crippen molar-refractivity contribution in [2.45, 2.75) is 50.7 Å². The minimum atomic E-state index is 0.0967. The topological polar surface area (TPSA) is 58.2 Å². The first-order valence-corrected chi connectivity index (χ1v) is 8.67. The van der Waals surface area contributed by atoms with Gasteiger partial charge in [0.25, 0.3) is 0 Å². The Morgan fingerprint density at radius 1 is 1.30 bits per heavy atom. The van der Waals surface area contributed by atoms with Gasteiger partial charge in [-0.1, -0.05) is 12.1 Å². The number of aromatic nitrogens is 2. The zero-order chi connectivity index (χ0) is 15.6. The Hall–Kier alpha value is -1.88. The molecule has 1 amide bonds. The van der Waals surface area contributed by atoms with E-state index in [9.17, 15) is 4.79 Å². The first-order chi connectivity index (χ1) is 11.3. The summed E-state index contributed by atoms with van der Waals surface area (Å²) in [6.07, 6.45) is 5.98. The molecular formula is C18H23N3O2. The molecule has 1 N–H and O–H groups in total. The molecule has 1 aromatic carbocycles. The molecule has 0 aliphatic carbocycles. The zero-order valence-corrected chi connectivity index (χ0v) is 13.3. The van der Waals surface area contributed by atoms with E-state index in [-0.39, 0.29) is 18.1 Å². The minimum Gasteiger partial charge on any atom is -0.378 e. The molecule has 23 heavy (non-hydrogen) atoms. The lowest BCUT2D eigenvalue weighted by Gasteiger charge is -2.23. The van der Waals surface area contributed by atoms with E-state index >= 15 is 0 Å². The number of hydrogen-bond donors (Lipinski definition) is 1. The number of para-hydroxylation sites is 2. The van der Waals surface area contributed by atoms with Gasteiger partial charge in [-0.3, -0.25) is 4.79 Å². The van der Waals surface area contributed by atoms with Crippen LogP contribution >= 0.6 is 0 Å². The van der Waals surface area contributed by atoms with Crippen molar-refractivity contribution < 1.29 is 9.53 Å². The van der Waals surface area contributed by atoms with Crippen molar-refractivity contribution >= 4 is 16.9 Å². The molecule has 0 bridgehead atoms. The van der Waals surface area contributed by atoms with Crippen LogP contribution < -0.4 is 0 Å². The number of aromatic amines is 1. The number of nitrogens with zero attached hydrogens (tertiary/aromatic N) is 2. The Bertz CT molecular complexity index is 657. The first kappa shape index (κ1) is 14.7. The van der Waals surface area contributed by atoms with E-state index in [1.165, 1.54) is 0 Å². The summed E-state index contributed by atoms with van der Waals surface area (Å²) in [6, 6.07) is 8.13. The highest BCUT2D eigenvalue weighted by Gasteiger charge is 2.32. The average Bonchev–Trinajstić information content (AvgIpc) is 3.31. The summed E-state index contributed by atoms with van der Waals surface area (Å²) in [5.74, 6) is 1.16. The molecule has 4 rings (SSSR count). The fourth-order valence-corrected chi connectivity index (χ4v) is 3.78. The molecule has 2 aliphatic heterocycles. The fourth-order valence-electron chi connectivity index (χ4n) is 3.78. The fraction of sp³-hybridized carbons (Fsp3) is 0.556. The van der Waals surface area contributed by atoms with Gasteiger partial charge < -0.3 is 14.6 Å². The Morgan fingerprint density at radius 2 is 2.22 bits per heavy atom. The second kappa shape index (κ2) is 6.32. The lowest BCUT2D eigenvalue weighted by Crippen LogP contribution is -2.31. The van der Waals surface area contributed by atoms with Crippen molar-refractivity contribution in [3.05, 3.63) is 30.1 Å². The highest BCUT2D eigenvalue weighted by Crippen LogP contribution is 2.32. The molecule has 5 nitrogen and oxygen atoms in total. The van der Waals surface area contributed by atoms with Crippen LogP contribution in [0.1, 0.15) is 50.4 Å². The first-order valence-electron chi connectivity index (χ1n) is 8.67. The van der Waals surface area contributed by atoms with Crippen molar-refractivity contribution in [2.24, 2.45) is 0 Å². The maximum Gasteiger partial charge on any atom is 0.223 e. The van der Waals surface area contributed by atoms with E-state index in [0.29, 0.717) is 6.42 Å². The van der Waals surface area contributed by atoms with Gasteiger partial charge in [-0.15, -0.1) is 0 Å².